The van der Waals surface area contributed by atoms with Crippen molar-refractivity contribution in [3.63, 3.8) is 0 Å². The van der Waals surface area contributed by atoms with Crippen LogP contribution >= 0.6 is 11.3 Å². The van der Waals surface area contributed by atoms with Gasteiger partial charge in [0.2, 0.25) is 0 Å². The van der Waals surface area contributed by atoms with Gasteiger partial charge in [0.05, 0.1) is 5.69 Å². The molecule has 110 valence electrons. The van der Waals surface area contributed by atoms with E-state index in [9.17, 15) is 9.90 Å². The molecule has 0 saturated carbocycles. The Morgan fingerprint density at radius 1 is 1.43 bits per heavy atom. The number of rotatable bonds is 4. The second-order valence-corrected chi connectivity index (χ2v) is 5.90. The number of carboxylic acids is 1. The van der Waals surface area contributed by atoms with Crippen LogP contribution in [0.2, 0.25) is 0 Å². The molecular formula is C15H17N3O2S. The molecule has 3 rings (SSSR count). The van der Waals surface area contributed by atoms with Gasteiger partial charge in [0.1, 0.15) is 11.0 Å². The number of hydrogen-bond acceptors (Lipinski definition) is 5. The smallest absolute Gasteiger partial charge is 0.322 e. The Morgan fingerprint density at radius 3 is 3.00 bits per heavy atom. The number of piperazine rings is 1. The standard InChI is InChI=1S/C15H17N3O2S/c19-15(20)13-8-16-6-7-18(13)9-12-10-21-14(17-12)11-4-2-1-3-5-11/h1-5,10,13,16H,6-9H2,(H,19,20). The zero-order chi connectivity index (χ0) is 14.7. The fourth-order valence-corrected chi connectivity index (χ4v) is 3.30. The molecule has 1 atom stereocenters. The summed E-state index contributed by atoms with van der Waals surface area (Å²) in [5.41, 5.74) is 2.04. The molecule has 2 aromatic rings. The molecular weight excluding hydrogens is 286 g/mol. The lowest BCUT2D eigenvalue weighted by Gasteiger charge is -2.32. The van der Waals surface area contributed by atoms with Crippen molar-refractivity contribution >= 4 is 17.3 Å². The number of benzene rings is 1. The number of aromatic nitrogens is 1. The van der Waals surface area contributed by atoms with Gasteiger partial charge < -0.3 is 10.4 Å². The van der Waals surface area contributed by atoms with Crippen molar-refractivity contribution in [1.82, 2.24) is 15.2 Å². The lowest BCUT2D eigenvalue weighted by atomic mass is 10.2. The first-order chi connectivity index (χ1) is 10.2. The minimum atomic E-state index is -0.777. The third-order valence-corrected chi connectivity index (χ3v) is 4.52. The number of nitrogens with one attached hydrogen (secondary N) is 1. The number of thiazole rings is 1. The minimum Gasteiger partial charge on any atom is -0.480 e. The number of carboxylic acid groups (broad SMARTS) is 1. The number of carbonyl (C=O) groups is 1. The average Bonchev–Trinajstić information content (AvgIpc) is 2.97. The van der Waals surface area contributed by atoms with Crippen LogP contribution < -0.4 is 5.32 Å². The van der Waals surface area contributed by atoms with Crippen LogP contribution in [-0.2, 0) is 11.3 Å². The van der Waals surface area contributed by atoms with Gasteiger partial charge in [-0.05, 0) is 0 Å². The summed E-state index contributed by atoms with van der Waals surface area (Å²) in [5.74, 6) is -0.777. The molecule has 6 heteroatoms. The second-order valence-electron chi connectivity index (χ2n) is 5.04. The molecule has 2 N–H and O–H groups in total. The first-order valence-electron chi connectivity index (χ1n) is 6.91. The maximum atomic E-state index is 11.3. The van der Waals surface area contributed by atoms with Gasteiger partial charge in [0.15, 0.2) is 0 Å². The highest BCUT2D eigenvalue weighted by Gasteiger charge is 2.28. The van der Waals surface area contributed by atoms with Gasteiger partial charge >= 0.3 is 5.97 Å². The summed E-state index contributed by atoms with van der Waals surface area (Å²) in [4.78, 5) is 17.9. The van der Waals surface area contributed by atoms with Crippen molar-refractivity contribution in [3.8, 4) is 10.6 Å². The Bertz CT molecular complexity index is 614. The lowest BCUT2D eigenvalue weighted by molar-refractivity contribution is -0.144. The third kappa shape index (κ3) is 3.29. The Labute approximate surface area is 127 Å². The highest BCUT2D eigenvalue weighted by molar-refractivity contribution is 7.13. The largest absolute Gasteiger partial charge is 0.480 e. The zero-order valence-electron chi connectivity index (χ0n) is 11.5. The predicted molar refractivity (Wildman–Crippen MR) is 82.3 cm³/mol. The van der Waals surface area contributed by atoms with Crippen LogP contribution in [0.25, 0.3) is 10.6 Å². The van der Waals surface area contributed by atoms with E-state index < -0.39 is 12.0 Å². The number of hydrogen-bond donors (Lipinski definition) is 2. The highest BCUT2D eigenvalue weighted by atomic mass is 32.1. The molecule has 1 aromatic heterocycles. The second kappa shape index (κ2) is 6.34. The normalized spacial score (nSPS) is 19.5. The molecule has 1 fully saturated rings. The Hall–Kier alpha value is -1.76. The van der Waals surface area contributed by atoms with Gasteiger partial charge in [-0.15, -0.1) is 11.3 Å². The van der Waals surface area contributed by atoms with Crippen LogP contribution in [0.15, 0.2) is 35.7 Å². The van der Waals surface area contributed by atoms with Gasteiger partial charge in [-0.3, -0.25) is 9.69 Å². The maximum absolute atomic E-state index is 11.3. The van der Waals surface area contributed by atoms with Crippen molar-refractivity contribution in [3.05, 3.63) is 41.4 Å². The van der Waals surface area contributed by atoms with Crippen molar-refractivity contribution in [2.45, 2.75) is 12.6 Å². The van der Waals surface area contributed by atoms with E-state index in [1.165, 1.54) is 0 Å². The van der Waals surface area contributed by atoms with Crippen LogP contribution in [0.3, 0.4) is 0 Å². The molecule has 0 amide bonds. The van der Waals surface area contributed by atoms with Gasteiger partial charge in [0, 0.05) is 37.1 Å². The molecule has 0 bridgehead atoms. The van der Waals surface area contributed by atoms with E-state index in [0.29, 0.717) is 13.1 Å². The summed E-state index contributed by atoms with van der Waals surface area (Å²) in [7, 11) is 0. The molecule has 1 aromatic carbocycles. The number of nitrogens with zero attached hydrogens (tertiary/aromatic N) is 2. The van der Waals surface area contributed by atoms with E-state index in [0.717, 1.165) is 29.4 Å². The van der Waals surface area contributed by atoms with Crippen molar-refractivity contribution in [2.75, 3.05) is 19.6 Å². The maximum Gasteiger partial charge on any atom is 0.322 e. The Morgan fingerprint density at radius 2 is 2.24 bits per heavy atom. The minimum absolute atomic E-state index is 0.472. The third-order valence-electron chi connectivity index (χ3n) is 3.58. The Kier molecular flexibility index (Phi) is 4.28. The summed E-state index contributed by atoms with van der Waals surface area (Å²) >= 11 is 1.60. The van der Waals surface area contributed by atoms with Crippen molar-refractivity contribution in [1.29, 1.82) is 0 Å². The van der Waals surface area contributed by atoms with Gasteiger partial charge in [-0.25, -0.2) is 4.98 Å². The first-order valence-corrected chi connectivity index (χ1v) is 7.79. The fourth-order valence-electron chi connectivity index (χ4n) is 2.48. The Balaban J connectivity index is 1.73. The van der Waals surface area contributed by atoms with Crippen LogP contribution in [0.1, 0.15) is 5.69 Å². The fraction of sp³-hybridized carbons (Fsp3) is 0.333. The summed E-state index contributed by atoms with van der Waals surface area (Å²) < 4.78 is 0. The van der Waals surface area contributed by atoms with Crippen LogP contribution in [-0.4, -0.2) is 46.6 Å². The molecule has 0 radical (unpaired) electrons. The SMILES string of the molecule is O=C(O)C1CNCCN1Cc1csc(-c2ccccc2)n1. The van der Waals surface area contributed by atoms with Gasteiger partial charge in [-0.2, -0.15) is 0 Å². The van der Waals surface area contributed by atoms with Gasteiger partial charge in [-0.1, -0.05) is 30.3 Å². The zero-order valence-corrected chi connectivity index (χ0v) is 12.3. The van der Waals surface area contributed by atoms with E-state index in [4.69, 9.17) is 0 Å². The van der Waals surface area contributed by atoms with E-state index in [1.807, 2.05) is 40.6 Å². The lowest BCUT2D eigenvalue weighted by Crippen LogP contribution is -2.54. The molecule has 21 heavy (non-hydrogen) atoms. The van der Waals surface area contributed by atoms with E-state index >= 15 is 0 Å². The van der Waals surface area contributed by atoms with Crippen LogP contribution in [0.5, 0.6) is 0 Å². The first kappa shape index (κ1) is 14.2. The summed E-state index contributed by atoms with van der Waals surface area (Å²) in [6.45, 7) is 2.63. The molecule has 1 aliphatic rings. The molecule has 2 heterocycles. The van der Waals surface area contributed by atoms with E-state index in [1.54, 1.807) is 11.3 Å². The molecule has 0 spiro atoms. The molecule has 0 aliphatic carbocycles. The van der Waals surface area contributed by atoms with Crippen LogP contribution in [0, 0.1) is 0 Å². The summed E-state index contributed by atoms with van der Waals surface area (Å²) in [6, 6.07) is 9.57. The molecule has 5 nitrogen and oxygen atoms in total. The predicted octanol–water partition coefficient (Wildman–Crippen LogP) is 1.67. The van der Waals surface area contributed by atoms with Crippen molar-refractivity contribution in [2.24, 2.45) is 0 Å². The molecule has 1 unspecified atom stereocenters. The quantitative estimate of drug-likeness (QED) is 0.899. The average molecular weight is 303 g/mol. The van der Waals surface area contributed by atoms with Crippen LogP contribution in [0.4, 0.5) is 0 Å². The molecule has 1 saturated heterocycles. The van der Waals surface area contributed by atoms with E-state index in [-0.39, 0.29) is 0 Å². The summed E-state index contributed by atoms with van der Waals surface area (Å²) in [5, 5.41) is 15.4. The monoisotopic (exact) mass is 303 g/mol. The topological polar surface area (TPSA) is 65.5 Å². The van der Waals surface area contributed by atoms with E-state index in [2.05, 4.69) is 10.3 Å². The molecule has 1 aliphatic heterocycles. The van der Waals surface area contributed by atoms with Gasteiger partial charge in [0.25, 0.3) is 0 Å². The van der Waals surface area contributed by atoms with Crippen molar-refractivity contribution < 1.29 is 9.90 Å². The number of aliphatic carboxylic acids is 1. The summed E-state index contributed by atoms with van der Waals surface area (Å²) in [6.07, 6.45) is 0. The highest BCUT2D eigenvalue weighted by Crippen LogP contribution is 2.24.